The normalized spacial score (nSPS) is 9.24. The summed E-state index contributed by atoms with van der Waals surface area (Å²) in [4.78, 5) is 32.4. The SMILES string of the molecule is COC(=O)c1ccc(C#CCCNC(C)=O)c([N+](=O)[O-])c1. The Kier molecular flexibility index (Phi) is 5.89. The second-order valence-electron chi connectivity index (χ2n) is 4.02. The van der Waals surface area contributed by atoms with Crippen LogP contribution in [0.25, 0.3) is 0 Å². The van der Waals surface area contributed by atoms with E-state index >= 15 is 0 Å². The van der Waals surface area contributed by atoms with Crippen LogP contribution in [0.5, 0.6) is 0 Å². The summed E-state index contributed by atoms with van der Waals surface area (Å²) in [7, 11) is 1.20. The number of nitro groups is 1. The first-order chi connectivity index (χ1) is 9.95. The van der Waals surface area contributed by atoms with Crippen molar-refractivity contribution < 1.29 is 19.2 Å². The van der Waals surface area contributed by atoms with Crippen LogP contribution in [0.2, 0.25) is 0 Å². The number of methoxy groups -OCH3 is 1. The molecule has 110 valence electrons. The van der Waals surface area contributed by atoms with Crippen LogP contribution in [0.1, 0.15) is 29.3 Å². The van der Waals surface area contributed by atoms with Gasteiger partial charge in [-0.1, -0.05) is 11.8 Å². The van der Waals surface area contributed by atoms with Gasteiger partial charge in [-0.05, 0) is 12.1 Å². The Morgan fingerprint density at radius 2 is 2.14 bits per heavy atom. The van der Waals surface area contributed by atoms with Crippen LogP contribution in [-0.4, -0.2) is 30.5 Å². The van der Waals surface area contributed by atoms with Crippen molar-refractivity contribution in [2.24, 2.45) is 0 Å². The van der Waals surface area contributed by atoms with E-state index in [1.807, 2.05) is 0 Å². The van der Waals surface area contributed by atoms with Crippen LogP contribution < -0.4 is 5.32 Å². The summed E-state index contributed by atoms with van der Waals surface area (Å²) in [6.07, 6.45) is 0.371. The van der Waals surface area contributed by atoms with Gasteiger partial charge in [0.15, 0.2) is 0 Å². The highest BCUT2D eigenvalue weighted by molar-refractivity contribution is 5.90. The smallest absolute Gasteiger partial charge is 0.338 e. The van der Waals surface area contributed by atoms with Gasteiger partial charge in [-0.15, -0.1) is 0 Å². The Bertz CT molecular complexity index is 628. The van der Waals surface area contributed by atoms with Gasteiger partial charge < -0.3 is 10.1 Å². The molecular weight excluding hydrogens is 276 g/mol. The summed E-state index contributed by atoms with van der Waals surface area (Å²) in [5.74, 6) is 4.58. The number of carbonyl (C=O) groups excluding carboxylic acids is 2. The summed E-state index contributed by atoms with van der Waals surface area (Å²) in [5.41, 5.74) is 0.0356. The molecule has 1 amide bonds. The molecule has 0 heterocycles. The number of rotatable bonds is 4. The van der Waals surface area contributed by atoms with Crippen molar-refractivity contribution in [1.29, 1.82) is 0 Å². The molecule has 0 aliphatic carbocycles. The lowest BCUT2D eigenvalue weighted by Crippen LogP contribution is -2.20. The van der Waals surface area contributed by atoms with Crippen molar-refractivity contribution in [3.8, 4) is 11.8 Å². The topological polar surface area (TPSA) is 98.5 Å². The monoisotopic (exact) mass is 290 g/mol. The number of nitrogens with zero attached hydrogens (tertiary/aromatic N) is 1. The van der Waals surface area contributed by atoms with Crippen molar-refractivity contribution in [2.45, 2.75) is 13.3 Å². The highest BCUT2D eigenvalue weighted by atomic mass is 16.6. The summed E-state index contributed by atoms with van der Waals surface area (Å²) >= 11 is 0. The zero-order valence-corrected chi connectivity index (χ0v) is 11.6. The van der Waals surface area contributed by atoms with E-state index in [0.717, 1.165) is 6.07 Å². The van der Waals surface area contributed by atoms with Gasteiger partial charge in [-0.3, -0.25) is 14.9 Å². The number of hydrogen-bond acceptors (Lipinski definition) is 5. The maximum atomic E-state index is 11.3. The van der Waals surface area contributed by atoms with Gasteiger partial charge in [0.25, 0.3) is 5.69 Å². The van der Waals surface area contributed by atoms with Crippen molar-refractivity contribution in [1.82, 2.24) is 5.32 Å². The molecule has 1 aromatic rings. The first kappa shape index (κ1) is 16.2. The Morgan fingerprint density at radius 1 is 1.43 bits per heavy atom. The molecular formula is C14H14N2O5. The lowest BCUT2D eigenvalue weighted by atomic mass is 10.1. The van der Waals surface area contributed by atoms with E-state index in [0.29, 0.717) is 13.0 Å². The number of hydrogen-bond donors (Lipinski definition) is 1. The highest BCUT2D eigenvalue weighted by Crippen LogP contribution is 2.20. The fourth-order valence-corrected chi connectivity index (χ4v) is 1.49. The number of nitro benzene ring substituents is 1. The minimum Gasteiger partial charge on any atom is -0.465 e. The molecule has 0 spiro atoms. The zero-order chi connectivity index (χ0) is 15.8. The Balaban J connectivity index is 2.92. The second kappa shape index (κ2) is 7.65. The first-order valence-corrected chi connectivity index (χ1v) is 6.05. The van der Waals surface area contributed by atoms with Gasteiger partial charge >= 0.3 is 5.97 Å². The molecule has 1 aromatic carbocycles. The number of nitrogens with one attached hydrogen (secondary N) is 1. The molecule has 0 unspecified atom stereocenters. The van der Waals surface area contributed by atoms with Crippen LogP contribution in [-0.2, 0) is 9.53 Å². The van der Waals surface area contributed by atoms with E-state index in [4.69, 9.17) is 0 Å². The molecule has 21 heavy (non-hydrogen) atoms. The summed E-state index contributed by atoms with van der Waals surface area (Å²) in [6, 6.07) is 3.94. The van der Waals surface area contributed by atoms with Crippen LogP contribution in [0.4, 0.5) is 5.69 Å². The summed E-state index contributed by atoms with van der Waals surface area (Å²) in [5, 5.41) is 13.6. The molecule has 1 rings (SSSR count). The van der Waals surface area contributed by atoms with Gasteiger partial charge in [-0.25, -0.2) is 4.79 Å². The fourth-order valence-electron chi connectivity index (χ4n) is 1.49. The van der Waals surface area contributed by atoms with E-state index in [1.165, 1.54) is 26.2 Å². The lowest BCUT2D eigenvalue weighted by molar-refractivity contribution is -0.385. The molecule has 0 aliphatic heterocycles. The first-order valence-electron chi connectivity index (χ1n) is 6.05. The molecule has 0 radical (unpaired) electrons. The average Bonchev–Trinajstić information content (AvgIpc) is 2.45. The largest absolute Gasteiger partial charge is 0.465 e. The second-order valence-corrected chi connectivity index (χ2v) is 4.02. The van der Waals surface area contributed by atoms with Crippen molar-refractivity contribution in [3.63, 3.8) is 0 Å². The molecule has 0 aliphatic rings. The molecule has 0 fully saturated rings. The third-order valence-corrected chi connectivity index (χ3v) is 2.46. The van der Waals surface area contributed by atoms with Gasteiger partial charge in [0.05, 0.1) is 17.6 Å². The third-order valence-electron chi connectivity index (χ3n) is 2.46. The standard InChI is InChI=1S/C14H14N2O5/c1-10(17)15-8-4-3-5-11-6-7-12(14(18)21-2)9-13(11)16(19)20/h6-7,9H,4,8H2,1-2H3,(H,15,17). The Morgan fingerprint density at radius 3 is 2.71 bits per heavy atom. The van der Waals surface area contributed by atoms with E-state index < -0.39 is 10.9 Å². The van der Waals surface area contributed by atoms with Gasteiger partial charge in [0, 0.05) is 26.0 Å². The predicted octanol–water partition coefficient (Wildman–Crippen LogP) is 1.26. The predicted molar refractivity (Wildman–Crippen MR) is 74.6 cm³/mol. The van der Waals surface area contributed by atoms with E-state index in [9.17, 15) is 19.7 Å². The van der Waals surface area contributed by atoms with E-state index in [2.05, 4.69) is 21.9 Å². The van der Waals surface area contributed by atoms with Crippen LogP contribution >= 0.6 is 0 Å². The summed E-state index contributed by atoms with van der Waals surface area (Å²) < 4.78 is 4.51. The molecule has 0 bridgehead atoms. The quantitative estimate of drug-likeness (QED) is 0.296. The Labute approximate surface area is 121 Å². The minimum absolute atomic E-state index is 0.0907. The molecule has 1 N–H and O–H groups in total. The van der Waals surface area contributed by atoms with Crippen molar-refractivity contribution in [3.05, 3.63) is 39.4 Å². The van der Waals surface area contributed by atoms with Crippen LogP contribution in [0.3, 0.4) is 0 Å². The Hall–Kier alpha value is -2.88. The van der Waals surface area contributed by atoms with Crippen molar-refractivity contribution in [2.75, 3.05) is 13.7 Å². The molecule has 7 heteroatoms. The van der Waals surface area contributed by atoms with Gasteiger partial charge in [0.2, 0.25) is 5.91 Å². The summed E-state index contributed by atoms with van der Waals surface area (Å²) in [6.45, 7) is 1.76. The van der Waals surface area contributed by atoms with Gasteiger partial charge in [-0.2, -0.15) is 0 Å². The number of amides is 1. The van der Waals surface area contributed by atoms with E-state index in [-0.39, 0.29) is 22.7 Å². The lowest BCUT2D eigenvalue weighted by Gasteiger charge is -2.00. The minimum atomic E-state index is -0.650. The molecule has 0 saturated heterocycles. The number of benzene rings is 1. The highest BCUT2D eigenvalue weighted by Gasteiger charge is 2.16. The molecule has 7 nitrogen and oxygen atoms in total. The van der Waals surface area contributed by atoms with Crippen molar-refractivity contribution >= 4 is 17.6 Å². The number of carbonyl (C=O) groups is 2. The maximum Gasteiger partial charge on any atom is 0.338 e. The molecule has 0 aromatic heterocycles. The number of esters is 1. The van der Waals surface area contributed by atoms with Crippen LogP contribution in [0.15, 0.2) is 18.2 Å². The molecule has 0 saturated carbocycles. The third kappa shape index (κ3) is 4.95. The maximum absolute atomic E-state index is 11.3. The average molecular weight is 290 g/mol. The zero-order valence-electron chi connectivity index (χ0n) is 11.6. The fraction of sp³-hybridized carbons (Fsp3) is 0.286. The van der Waals surface area contributed by atoms with E-state index in [1.54, 1.807) is 0 Å². The molecule has 0 atom stereocenters. The van der Waals surface area contributed by atoms with Crippen LogP contribution in [0, 0.1) is 22.0 Å². The number of ether oxygens (including phenoxy) is 1. The van der Waals surface area contributed by atoms with Gasteiger partial charge in [0.1, 0.15) is 5.56 Å².